The van der Waals surface area contributed by atoms with Crippen LogP contribution in [-0.4, -0.2) is 91.0 Å². The zero-order valence-electron chi connectivity index (χ0n) is 30.7. The molecule has 1 aliphatic heterocycles. The van der Waals surface area contributed by atoms with E-state index in [1.165, 1.54) is 26.0 Å². The number of thioether (sulfide) groups is 1. The Kier molecular flexibility index (Phi) is 15.8. The SMILES string of the molecule is COC(=O)CSc1cc(/N=c2\sc(=O)n3n2CCCC3)c(F)cc1Cl.CP(=O)(O)CCC(N)C(=O)O.Cc1ccn2nc(S(=O)(=O)Nc3c(F)cccc3F)nc2n1. The number of esters is 1. The van der Waals surface area contributed by atoms with Crippen LogP contribution in [0.5, 0.6) is 0 Å². The number of methoxy groups -OCH3 is 1. The van der Waals surface area contributed by atoms with E-state index in [-0.39, 0.29) is 39.7 Å². The highest BCUT2D eigenvalue weighted by Gasteiger charge is 2.24. The average molecular weight is 910 g/mol. The van der Waals surface area contributed by atoms with Crippen molar-refractivity contribution in [2.45, 2.75) is 55.4 Å². The molecule has 3 aromatic heterocycles. The van der Waals surface area contributed by atoms with Crippen molar-refractivity contribution >= 4 is 81.2 Å². The number of halogens is 4. The number of carbonyl (C=O) groups excluding carboxylic acids is 1. The van der Waals surface area contributed by atoms with Gasteiger partial charge < -0.3 is 20.5 Å². The molecule has 26 heteroatoms. The summed E-state index contributed by atoms with van der Waals surface area (Å²) in [5, 5.41) is 11.6. The monoisotopic (exact) mass is 909 g/mol. The first-order valence-corrected chi connectivity index (χ1v) is 22.6. The second kappa shape index (κ2) is 19.9. The summed E-state index contributed by atoms with van der Waals surface area (Å²) in [4.78, 5) is 55.1. The lowest BCUT2D eigenvalue weighted by molar-refractivity contribution is -0.139. The van der Waals surface area contributed by atoms with E-state index in [9.17, 15) is 40.5 Å². The molecule has 314 valence electrons. The molecule has 0 amide bonds. The maximum atomic E-state index is 14.3. The van der Waals surface area contributed by atoms with Crippen LogP contribution >= 0.6 is 42.1 Å². The van der Waals surface area contributed by atoms with Gasteiger partial charge in [-0.1, -0.05) is 17.7 Å². The molecule has 6 rings (SSSR count). The minimum absolute atomic E-state index is 0.0412. The van der Waals surface area contributed by atoms with E-state index < -0.39 is 63.7 Å². The number of para-hydroxylation sites is 1. The Morgan fingerprint density at radius 3 is 2.41 bits per heavy atom. The van der Waals surface area contributed by atoms with Crippen LogP contribution in [0, 0.1) is 24.4 Å². The van der Waals surface area contributed by atoms with Gasteiger partial charge in [0.1, 0.15) is 34.9 Å². The summed E-state index contributed by atoms with van der Waals surface area (Å²) in [6, 6.07) is 6.22. The van der Waals surface area contributed by atoms with Crippen LogP contribution in [0.25, 0.3) is 5.78 Å². The number of aryl methyl sites for hydroxylation is 1. The number of aromatic nitrogens is 6. The summed E-state index contributed by atoms with van der Waals surface area (Å²) in [7, 11) is -6.15. The van der Waals surface area contributed by atoms with E-state index >= 15 is 0 Å². The fraction of sp³-hybridized carbons (Fsp3) is 0.344. The number of anilines is 1. The Morgan fingerprint density at radius 1 is 1.14 bits per heavy atom. The predicted molar refractivity (Wildman–Crippen MR) is 209 cm³/mol. The molecule has 4 heterocycles. The van der Waals surface area contributed by atoms with E-state index in [4.69, 9.17) is 27.3 Å². The summed E-state index contributed by atoms with van der Waals surface area (Å²) < 4.78 is 87.2. The number of carboxylic acid groups (broad SMARTS) is 1. The molecule has 2 aromatic carbocycles. The smallest absolute Gasteiger partial charge is 0.325 e. The third-order valence-corrected chi connectivity index (χ3v) is 12.2. The van der Waals surface area contributed by atoms with Crippen LogP contribution in [0.15, 0.2) is 62.4 Å². The molecule has 0 saturated heterocycles. The fourth-order valence-electron chi connectivity index (χ4n) is 4.67. The summed E-state index contributed by atoms with van der Waals surface area (Å²) in [6.45, 7) is 4.21. The minimum Gasteiger partial charge on any atom is -0.480 e. The van der Waals surface area contributed by atoms with Crippen LogP contribution in [0.4, 0.5) is 24.5 Å². The standard InChI is InChI=1S/C15H15ClFN3O3S2.C12H9F2N5O2S.C5H12NO4P/c1-23-13(21)8-24-12-7-11(10(17)6-9(12)16)18-14-19-4-2-3-5-20(19)15(22)25-14;1-7-5-6-19-11(15-7)16-12(17-19)22(20,21)18-10-8(13)3-2-4-9(10)14;1-11(9,10)3-2-4(6)5(7)8/h6-7H,2-5,8H2,1H3;2-6,18H,1H3;4H,2-3,6H2,1H3,(H,7,8)(H,9,10)/b18-14-;;. The van der Waals surface area contributed by atoms with Gasteiger partial charge >= 0.3 is 16.8 Å². The number of rotatable bonds is 11. The molecule has 0 spiro atoms. The maximum Gasteiger partial charge on any atom is 0.325 e. The number of nitrogens with one attached hydrogen (secondary N) is 1. The number of hydrogen-bond donors (Lipinski definition) is 4. The number of carboxylic acids is 1. The summed E-state index contributed by atoms with van der Waals surface area (Å²) >= 11 is 8.17. The number of ether oxygens (including phenoxy) is 1. The first-order chi connectivity index (χ1) is 27.2. The van der Waals surface area contributed by atoms with Crippen molar-refractivity contribution in [2.75, 3.05) is 30.4 Å². The van der Waals surface area contributed by atoms with Gasteiger partial charge in [0.05, 0.1) is 17.9 Å². The summed E-state index contributed by atoms with van der Waals surface area (Å²) in [6.07, 6.45) is 3.37. The highest BCUT2D eigenvalue weighted by atomic mass is 35.5. The van der Waals surface area contributed by atoms with E-state index in [1.54, 1.807) is 27.1 Å². The molecular weight excluding hydrogens is 874 g/mol. The normalized spacial score (nSPS) is 14.3. The summed E-state index contributed by atoms with van der Waals surface area (Å²) in [5.74, 6) is -4.08. The van der Waals surface area contributed by atoms with Crippen molar-refractivity contribution < 1.29 is 50.5 Å². The molecule has 58 heavy (non-hydrogen) atoms. The van der Waals surface area contributed by atoms with Crippen molar-refractivity contribution in [3.8, 4) is 0 Å². The van der Waals surface area contributed by atoms with Gasteiger partial charge in [0.15, 0.2) is 7.37 Å². The number of nitrogens with zero attached hydrogens (tertiary/aromatic N) is 7. The second-order valence-corrected chi connectivity index (χ2v) is 18.7. The van der Waals surface area contributed by atoms with Crippen LogP contribution in [0.2, 0.25) is 5.02 Å². The number of aliphatic carboxylic acids is 1. The highest BCUT2D eigenvalue weighted by molar-refractivity contribution is 8.00. The van der Waals surface area contributed by atoms with Crippen LogP contribution in [0.1, 0.15) is 25.0 Å². The summed E-state index contributed by atoms with van der Waals surface area (Å²) in [5.41, 5.74) is 5.01. The number of fused-ring (bicyclic) bond motifs is 2. The number of nitrogens with two attached hydrogens (primary N) is 1. The fourth-order valence-corrected chi connectivity index (χ4v) is 8.36. The van der Waals surface area contributed by atoms with Gasteiger partial charge in [0.25, 0.3) is 21.0 Å². The maximum absolute atomic E-state index is 14.3. The van der Waals surface area contributed by atoms with Crippen molar-refractivity contribution in [2.24, 2.45) is 10.7 Å². The van der Waals surface area contributed by atoms with Gasteiger partial charge in [-0.25, -0.2) is 32.3 Å². The number of hydrogen-bond acceptors (Lipinski definition) is 14. The zero-order chi connectivity index (χ0) is 42.9. The molecule has 2 unspecified atom stereocenters. The molecule has 0 aliphatic carbocycles. The van der Waals surface area contributed by atoms with Gasteiger partial charge in [-0.15, -0.1) is 16.9 Å². The van der Waals surface area contributed by atoms with E-state index in [2.05, 4.69) is 24.8 Å². The first-order valence-electron chi connectivity index (χ1n) is 16.7. The van der Waals surface area contributed by atoms with Gasteiger partial charge in [0, 0.05) is 42.7 Å². The lowest BCUT2D eigenvalue weighted by Gasteiger charge is -2.15. The van der Waals surface area contributed by atoms with E-state index in [0.717, 1.165) is 64.7 Å². The Hall–Kier alpha value is -4.58. The molecule has 5 aromatic rings. The number of sulfonamides is 1. The number of carbonyl (C=O) groups is 2. The minimum atomic E-state index is -4.35. The van der Waals surface area contributed by atoms with Crippen molar-refractivity contribution in [1.29, 1.82) is 0 Å². The molecule has 0 radical (unpaired) electrons. The van der Waals surface area contributed by atoms with E-state index in [0.29, 0.717) is 28.5 Å². The third kappa shape index (κ3) is 12.7. The highest BCUT2D eigenvalue weighted by Crippen LogP contribution is 2.36. The predicted octanol–water partition coefficient (Wildman–Crippen LogP) is 4.00. The molecular formula is C32H36ClF3N9O9PS3. The Bertz CT molecular complexity index is 2580. The molecule has 18 nitrogen and oxygen atoms in total. The zero-order valence-corrected chi connectivity index (χ0v) is 34.8. The second-order valence-electron chi connectivity index (χ2n) is 12.2. The van der Waals surface area contributed by atoms with Crippen LogP contribution in [-0.2, 0) is 42.0 Å². The molecule has 5 N–H and O–H groups in total. The molecule has 1 aliphatic rings. The Labute approximate surface area is 341 Å². The van der Waals surface area contributed by atoms with Crippen molar-refractivity contribution in [1.82, 2.24) is 28.9 Å². The van der Waals surface area contributed by atoms with E-state index in [1.807, 2.05) is 0 Å². The Morgan fingerprint density at radius 2 is 1.79 bits per heavy atom. The topological polar surface area (TPSA) is 255 Å². The largest absolute Gasteiger partial charge is 0.480 e. The Balaban J connectivity index is 0.000000207. The van der Waals surface area contributed by atoms with Gasteiger partial charge in [-0.05, 0) is 67.9 Å². The van der Waals surface area contributed by atoms with Crippen LogP contribution in [0.3, 0.4) is 0 Å². The average Bonchev–Trinajstić information content (AvgIpc) is 3.73. The lowest BCUT2D eigenvalue weighted by Crippen LogP contribution is -2.31. The quantitative estimate of drug-likeness (QED) is 0.0831. The van der Waals surface area contributed by atoms with Crippen molar-refractivity contribution in [3.63, 3.8) is 0 Å². The van der Waals surface area contributed by atoms with Gasteiger partial charge in [-0.3, -0.25) is 28.4 Å². The number of benzene rings is 2. The van der Waals surface area contributed by atoms with Gasteiger partial charge in [-0.2, -0.15) is 13.4 Å². The van der Waals surface area contributed by atoms with Crippen LogP contribution < -0.4 is 20.1 Å². The molecule has 0 bridgehead atoms. The molecule has 0 fully saturated rings. The molecule has 2 atom stereocenters. The molecule has 0 saturated carbocycles. The lowest BCUT2D eigenvalue weighted by atomic mass is 10.2. The third-order valence-electron chi connectivity index (χ3n) is 7.62. The van der Waals surface area contributed by atoms with Crippen molar-refractivity contribution in [3.05, 3.63) is 85.2 Å². The first kappa shape index (κ1) is 46.1. The van der Waals surface area contributed by atoms with Gasteiger partial charge in [0.2, 0.25) is 4.80 Å².